The highest BCUT2D eigenvalue weighted by Crippen LogP contribution is 2.20. The maximum absolute atomic E-state index is 11.7. The number of rotatable bonds is 3. The minimum absolute atomic E-state index is 0.550. The molecular formula is C15H21NO4. The highest BCUT2D eigenvalue weighted by atomic mass is 16.6. The van der Waals surface area contributed by atoms with E-state index in [9.17, 15) is 14.7 Å². The number of nitrogens with one attached hydrogen (secondary N) is 1. The van der Waals surface area contributed by atoms with Gasteiger partial charge in [0.15, 0.2) is 6.04 Å². The number of carboxylic acid groups (broad SMARTS) is 1. The lowest BCUT2D eigenvalue weighted by atomic mass is 9.99. The van der Waals surface area contributed by atoms with Crippen LogP contribution in [0.2, 0.25) is 0 Å². The Morgan fingerprint density at radius 2 is 1.85 bits per heavy atom. The summed E-state index contributed by atoms with van der Waals surface area (Å²) >= 11 is 0. The first-order valence-electron chi connectivity index (χ1n) is 6.39. The predicted octanol–water partition coefficient (Wildman–Crippen LogP) is 2.95. The first-order valence-corrected chi connectivity index (χ1v) is 6.39. The van der Waals surface area contributed by atoms with Crippen LogP contribution in [0.25, 0.3) is 0 Å². The van der Waals surface area contributed by atoms with Gasteiger partial charge in [0.05, 0.1) is 0 Å². The van der Waals surface area contributed by atoms with E-state index in [1.54, 1.807) is 26.8 Å². The van der Waals surface area contributed by atoms with Crippen molar-refractivity contribution in [2.45, 2.75) is 46.3 Å². The van der Waals surface area contributed by atoms with Crippen LogP contribution in [0.3, 0.4) is 0 Å². The molecule has 0 unspecified atom stereocenters. The molecule has 0 heterocycles. The van der Waals surface area contributed by atoms with Crippen molar-refractivity contribution < 1.29 is 19.4 Å². The van der Waals surface area contributed by atoms with Gasteiger partial charge in [0.1, 0.15) is 5.60 Å². The van der Waals surface area contributed by atoms with Gasteiger partial charge in [0.2, 0.25) is 0 Å². The summed E-state index contributed by atoms with van der Waals surface area (Å²) in [5.41, 5.74) is 1.73. The SMILES string of the molecule is Cc1ccc([C@H](NC(=O)OC(C)(C)C)C(=O)O)c(C)c1. The lowest BCUT2D eigenvalue weighted by molar-refractivity contribution is -0.139. The van der Waals surface area contributed by atoms with Gasteiger partial charge in [-0.1, -0.05) is 23.8 Å². The molecule has 0 saturated carbocycles. The molecule has 1 aromatic carbocycles. The molecule has 0 aromatic heterocycles. The number of ether oxygens (including phenoxy) is 1. The molecule has 0 fully saturated rings. The number of hydrogen-bond donors (Lipinski definition) is 2. The molecule has 1 amide bonds. The Morgan fingerprint density at radius 1 is 1.25 bits per heavy atom. The molecule has 0 saturated heterocycles. The van der Waals surface area contributed by atoms with E-state index >= 15 is 0 Å². The molecule has 110 valence electrons. The van der Waals surface area contributed by atoms with Crippen LogP contribution >= 0.6 is 0 Å². The summed E-state index contributed by atoms with van der Waals surface area (Å²) in [5, 5.41) is 11.7. The van der Waals surface area contributed by atoms with E-state index in [1.807, 2.05) is 26.0 Å². The second-order valence-corrected chi connectivity index (χ2v) is 5.78. The van der Waals surface area contributed by atoms with Crippen molar-refractivity contribution in [3.8, 4) is 0 Å². The summed E-state index contributed by atoms with van der Waals surface area (Å²) in [6, 6.07) is 4.28. The third-order valence-corrected chi connectivity index (χ3v) is 2.64. The molecule has 0 radical (unpaired) electrons. The monoisotopic (exact) mass is 279 g/mol. The van der Waals surface area contributed by atoms with Crippen LogP contribution < -0.4 is 5.32 Å². The number of alkyl carbamates (subject to hydrolysis) is 1. The predicted molar refractivity (Wildman–Crippen MR) is 75.7 cm³/mol. The summed E-state index contributed by atoms with van der Waals surface area (Å²) in [6.07, 6.45) is -0.745. The van der Waals surface area contributed by atoms with Crippen molar-refractivity contribution in [2.75, 3.05) is 0 Å². The zero-order valence-electron chi connectivity index (χ0n) is 12.5. The number of hydrogen-bond acceptors (Lipinski definition) is 3. The van der Waals surface area contributed by atoms with Gasteiger partial charge in [-0.15, -0.1) is 0 Å². The smallest absolute Gasteiger partial charge is 0.408 e. The maximum atomic E-state index is 11.7. The van der Waals surface area contributed by atoms with E-state index in [1.165, 1.54) is 0 Å². The zero-order chi connectivity index (χ0) is 15.5. The number of aliphatic carboxylic acids is 1. The average Bonchev–Trinajstić information content (AvgIpc) is 2.23. The molecule has 2 N–H and O–H groups in total. The minimum Gasteiger partial charge on any atom is -0.479 e. The third-order valence-electron chi connectivity index (χ3n) is 2.64. The van der Waals surface area contributed by atoms with Crippen LogP contribution in [0, 0.1) is 13.8 Å². The Hall–Kier alpha value is -2.04. The van der Waals surface area contributed by atoms with Crippen molar-refractivity contribution >= 4 is 12.1 Å². The first kappa shape index (κ1) is 16.0. The van der Waals surface area contributed by atoms with Crippen LogP contribution in [-0.4, -0.2) is 22.8 Å². The molecule has 0 aliphatic carbocycles. The van der Waals surface area contributed by atoms with Crippen molar-refractivity contribution in [3.63, 3.8) is 0 Å². The molecular weight excluding hydrogens is 258 g/mol. The van der Waals surface area contributed by atoms with Crippen molar-refractivity contribution in [1.82, 2.24) is 5.32 Å². The highest BCUT2D eigenvalue weighted by Gasteiger charge is 2.26. The van der Waals surface area contributed by atoms with Crippen LogP contribution in [0.15, 0.2) is 18.2 Å². The maximum Gasteiger partial charge on any atom is 0.408 e. The standard InChI is InChI=1S/C15H21NO4/c1-9-6-7-11(10(2)8-9)12(13(17)18)16-14(19)20-15(3,4)5/h6-8,12H,1-5H3,(H,16,19)(H,17,18)/t12-/m0/s1. The van der Waals surface area contributed by atoms with Gasteiger partial charge in [-0.25, -0.2) is 9.59 Å². The lowest BCUT2D eigenvalue weighted by Gasteiger charge is -2.22. The van der Waals surface area contributed by atoms with Crippen LogP contribution in [0.1, 0.15) is 43.5 Å². The van der Waals surface area contributed by atoms with Crippen molar-refractivity contribution in [3.05, 3.63) is 34.9 Å². The van der Waals surface area contributed by atoms with Crippen molar-refractivity contribution in [2.24, 2.45) is 0 Å². The number of benzene rings is 1. The van der Waals surface area contributed by atoms with Crippen LogP contribution in [-0.2, 0) is 9.53 Å². The van der Waals surface area contributed by atoms with Gasteiger partial charge >= 0.3 is 12.1 Å². The Balaban J connectivity index is 2.96. The van der Waals surface area contributed by atoms with Gasteiger partial charge in [0, 0.05) is 0 Å². The Morgan fingerprint density at radius 3 is 2.30 bits per heavy atom. The summed E-state index contributed by atoms with van der Waals surface area (Å²) in [7, 11) is 0. The molecule has 20 heavy (non-hydrogen) atoms. The molecule has 5 nitrogen and oxygen atoms in total. The number of carboxylic acids is 1. The quantitative estimate of drug-likeness (QED) is 0.892. The molecule has 5 heteroatoms. The van der Waals surface area contributed by atoms with E-state index < -0.39 is 23.7 Å². The molecule has 0 aliphatic rings. The third kappa shape index (κ3) is 4.57. The minimum atomic E-state index is -1.12. The van der Waals surface area contributed by atoms with Crippen LogP contribution in [0.5, 0.6) is 0 Å². The number of carbonyl (C=O) groups excluding carboxylic acids is 1. The number of amides is 1. The number of carbonyl (C=O) groups is 2. The molecule has 1 aromatic rings. The zero-order valence-corrected chi connectivity index (χ0v) is 12.5. The lowest BCUT2D eigenvalue weighted by Crippen LogP contribution is -2.38. The Labute approximate surface area is 118 Å². The number of aryl methyl sites for hydroxylation is 2. The molecule has 0 spiro atoms. The van der Waals surface area contributed by atoms with Gasteiger partial charge in [-0.3, -0.25) is 0 Å². The largest absolute Gasteiger partial charge is 0.479 e. The van der Waals surface area contributed by atoms with E-state index in [-0.39, 0.29) is 0 Å². The molecule has 0 bridgehead atoms. The first-order chi connectivity index (χ1) is 9.10. The van der Waals surface area contributed by atoms with Gasteiger partial charge < -0.3 is 15.2 Å². The fourth-order valence-corrected chi connectivity index (χ4v) is 1.85. The van der Waals surface area contributed by atoms with Crippen LogP contribution in [0.4, 0.5) is 4.79 Å². The Bertz CT molecular complexity index is 517. The fourth-order valence-electron chi connectivity index (χ4n) is 1.85. The van der Waals surface area contributed by atoms with Gasteiger partial charge in [0.25, 0.3) is 0 Å². The molecule has 1 atom stereocenters. The second-order valence-electron chi connectivity index (χ2n) is 5.78. The van der Waals surface area contributed by atoms with Gasteiger partial charge in [-0.2, -0.15) is 0 Å². The normalized spacial score (nSPS) is 12.7. The fraction of sp³-hybridized carbons (Fsp3) is 0.467. The van der Waals surface area contributed by atoms with Crippen molar-refractivity contribution in [1.29, 1.82) is 0 Å². The molecule has 0 aliphatic heterocycles. The highest BCUT2D eigenvalue weighted by molar-refractivity contribution is 5.81. The summed E-state index contributed by atoms with van der Waals surface area (Å²) in [5.74, 6) is -1.12. The van der Waals surface area contributed by atoms with E-state index in [2.05, 4.69) is 5.32 Å². The average molecular weight is 279 g/mol. The van der Waals surface area contributed by atoms with E-state index in [0.29, 0.717) is 5.56 Å². The second kappa shape index (κ2) is 5.94. The van der Waals surface area contributed by atoms with Gasteiger partial charge in [-0.05, 0) is 45.7 Å². The topological polar surface area (TPSA) is 75.6 Å². The summed E-state index contributed by atoms with van der Waals surface area (Å²) in [4.78, 5) is 23.1. The molecule has 1 rings (SSSR count). The summed E-state index contributed by atoms with van der Waals surface area (Å²) < 4.78 is 5.09. The van der Waals surface area contributed by atoms with E-state index in [4.69, 9.17) is 4.74 Å². The van der Waals surface area contributed by atoms with E-state index in [0.717, 1.165) is 11.1 Å². The Kier molecular flexibility index (Phi) is 4.76. The summed E-state index contributed by atoms with van der Waals surface area (Å²) in [6.45, 7) is 8.90.